The number of pyridine rings is 1. The number of hydrogen-bond donors (Lipinski definition) is 1. The molecule has 3 aromatic heterocycles. The van der Waals surface area contributed by atoms with Crippen LogP contribution < -0.4 is 4.74 Å². The molecular weight excluding hydrogens is 386 g/mol. The number of carboxylic acids is 1. The molecule has 0 spiro atoms. The van der Waals surface area contributed by atoms with Crippen molar-refractivity contribution in [3.8, 4) is 16.9 Å². The van der Waals surface area contributed by atoms with Gasteiger partial charge in [-0.05, 0) is 59.9 Å². The largest absolute Gasteiger partial charge is 0.489 e. The molecule has 4 nitrogen and oxygen atoms in total. The minimum absolute atomic E-state index is 0.382. The second-order valence-corrected chi connectivity index (χ2v) is 7.79. The molecule has 0 aliphatic carbocycles. The van der Waals surface area contributed by atoms with Gasteiger partial charge in [-0.2, -0.15) is 0 Å². The number of benzene rings is 2. The molecule has 0 atom stereocenters. The third-order valence-electron chi connectivity index (χ3n) is 6.01. The number of nitrogens with zero attached hydrogens (tertiary/aromatic N) is 1. The number of ether oxygens (including phenoxy) is 1. The van der Waals surface area contributed by atoms with Crippen LogP contribution in [0.5, 0.6) is 5.75 Å². The maximum atomic E-state index is 12.0. The second kappa shape index (κ2) is 7.47. The molecule has 2 aromatic carbocycles. The van der Waals surface area contributed by atoms with Crippen molar-refractivity contribution >= 4 is 22.5 Å². The molecular formula is C27H23NO3. The zero-order valence-electron chi connectivity index (χ0n) is 17.6. The Balaban J connectivity index is 1.60. The number of aryl methyl sites for hydroxylation is 2. The van der Waals surface area contributed by atoms with Gasteiger partial charge >= 0.3 is 5.97 Å². The molecule has 0 aliphatic heterocycles. The van der Waals surface area contributed by atoms with Gasteiger partial charge in [0.05, 0.1) is 22.1 Å². The molecule has 0 aliphatic rings. The maximum Gasteiger partial charge on any atom is 0.338 e. The molecule has 154 valence electrons. The summed E-state index contributed by atoms with van der Waals surface area (Å²) in [5, 5.41) is 9.82. The summed E-state index contributed by atoms with van der Waals surface area (Å²) < 4.78 is 8.05. The lowest BCUT2D eigenvalue weighted by Crippen LogP contribution is -1.98. The number of hydrogen-bond acceptors (Lipinski definition) is 2. The summed E-state index contributed by atoms with van der Waals surface area (Å²) in [5.41, 5.74) is 8.54. The fourth-order valence-electron chi connectivity index (χ4n) is 4.63. The van der Waals surface area contributed by atoms with Crippen LogP contribution in [-0.4, -0.2) is 15.5 Å². The van der Waals surface area contributed by atoms with Crippen LogP contribution in [0.15, 0.2) is 72.8 Å². The molecule has 0 unspecified atom stereocenters. The fourth-order valence-corrected chi connectivity index (χ4v) is 4.63. The van der Waals surface area contributed by atoms with E-state index >= 15 is 0 Å². The predicted molar refractivity (Wildman–Crippen MR) is 123 cm³/mol. The van der Waals surface area contributed by atoms with Crippen LogP contribution in [0.25, 0.3) is 27.7 Å². The summed E-state index contributed by atoms with van der Waals surface area (Å²) in [6.07, 6.45) is 0.865. The number of carbonyl (C=O) groups is 1. The van der Waals surface area contributed by atoms with Crippen molar-refractivity contribution in [1.82, 2.24) is 4.40 Å². The third kappa shape index (κ3) is 3.03. The minimum atomic E-state index is -0.887. The van der Waals surface area contributed by atoms with Crippen molar-refractivity contribution in [3.05, 3.63) is 95.1 Å². The maximum absolute atomic E-state index is 12.0. The number of rotatable bonds is 6. The van der Waals surface area contributed by atoms with Gasteiger partial charge in [-0.25, -0.2) is 4.79 Å². The van der Waals surface area contributed by atoms with E-state index in [1.54, 1.807) is 0 Å². The highest BCUT2D eigenvalue weighted by Gasteiger charge is 2.26. The van der Waals surface area contributed by atoms with Gasteiger partial charge in [-0.1, -0.05) is 55.5 Å². The molecule has 0 bridgehead atoms. The van der Waals surface area contributed by atoms with Crippen molar-refractivity contribution in [3.63, 3.8) is 0 Å². The first-order valence-corrected chi connectivity index (χ1v) is 10.5. The fraction of sp³-hybridized carbons (Fsp3) is 0.148. The molecule has 0 fully saturated rings. The standard InChI is InChI=1S/C27H23NO3/c1-3-21-22-10-7-11-23-24(27(29)30)17(2)26(28(22)23)25(21)19-12-14-20(15-13-19)31-16-18-8-5-4-6-9-18/h4-15H,3,16H2,1-2H3,(H,29,30). The summed E-state index contributed by atoms with van der Waals surface area (Å²) in [6.45, 7) is 4.58. The van der Waals surface area contributed by atoms with Gasteiger partial charge in [0.1, 0.15) is 12.4 Å². The quantitative estimate of drug-likeness (QED) is 0.356. The zero-order chi connectivity index (χ0) is 21.5. The van der Waals surface area contributed by atoms with Crippen molar-refractivity contribution in [2.75, 3.05) is 0 Å². The van der Waals surface area contributed by atoms with Gasteiger partial charge in [0.25, 0.3) is 0 Å². The highest BCUT2D eigenvalue weighted by molar-refractivity contribution is 6.07. The van der Waals surface area contributed by atoms with Crippen molar-refractivity contribution in [2.45, 2.75) is 26.9 Å². The van der Waals surface area contributed by atoms with Crippen molar-refractivity contribution in [1.29, 1.82) is 0 Å². The Kier molecular flexibility index (Phi) is 4.63. The summed E-state index contributed by atoms with van der Waals surface area (Å²) in [6, 6.07) is 24.1. The van der Waals surface area contributed by atoms with Crippen LogP contribution >= 0.6 is 0 Å². The second-order valence-electron chi connectivity index (χ2n) is 7.79. The first kappa shape index (κ1) is 19.2. The molecule has 1 N–H and O–H groups in total. The molecule has 0 saturated carbocycles. The van der Waals surface area contributed by atoms with E-state index < -0.39 is 5.97 Å². The smallest absolute Gasteiger partial charge is 0.338 e. The number of carboxylic acid groups (broad SMARTS) is 1. The third-order valence-corrected chi connectivity index (χ3v) is 6.01. The topological polar surface area (TPSA) is 50.9 Å². The van der Waals surface area contributed by atoms with Crippen molar-refractivity contribution in [2.24, 2.45) is 0 Å². The van der Waals surface area contributed by atoms with Crippen LogP contribution in [-0.2, 0) is 13.0 Å². The summed E-state index contributed by atoms with van der Waals surface area (Å²) in [4.78, 5) is 12.0. The van der Waals surface area contributed by atoms with Gasteiger partial charge in [-0.3, -0.25) is 0 Å². The Bertz CT molecular complexity index is 1380. The van der Waals surface area contributed by atoms with Crippen molar-refractivity contribution < 1.29 is 14.6 Å². The molecule has 0 amide bonds. The molecule has 3 heterocycles. The Labute approximate surface area is 180 Å². The molecule has 31 heavy (non-hydrogen) atoms. The van der Waals surface area contributed by atoms with Gasteiger partial charge in [0, 0.05) is 5.56 Å². The van der Waals surface area contributed by atoms with Crippen LogP contribution in [0, 0.1) is 6.92 Å². The van der Waals surface area contributed by atoms with E-state index in [4.69, 9.17) is 4.74 Å². The predicted octanol–water partition coefficient (Wildman–Crippen LogP) is 6.35. The first-order valence-electron chi connectivity index (χ1n) is 10.5. The van der Waals surface area contributed by atoms with Gasteiger partial charge < -0.3 is 14.2 Å². The molecule has 0 saturated heterocycles. The lowest BCUT2D eigenvalue weighted by atomic mass is 9.97. The van der Waals surface area contributed by atoms with Crippen LogP contribution in [0.4, 0.5) is 0 Å². The minimum Gasteiger partial charge on any atom is -0.489 e. The van der Waals surface area contributed by atoms with E-state index in [0.717, 1.165) is 51.0 Å². The van der Waals surface area contributed by atoms with Crippen LogP contribution in [0.3, 0.4) is 0 Å². The van der Waals surface area contributed by atoms with Crippen LogP contribution in [0.2, 0.25) is 0 Å². The highest BCUT2D eigenvalue weighted by Crippen LogP contribution is 2.41. The molecule has 4 heteroatoms. The zero-order valence-corrected chi connectivity index (χ0v) is 17.6. The lowest BCUT2D eigenvalue weighted by molar-refractivity contribution is 0.0698. The summed E-state index contributed by atoms with van der Waals surface area (Å²) >= 11 is 0. The highest BCUT2D eigenvalue weighted by atomic mass is 16.5. The Hall–Kier alpha value is -3.79. The van der Waals surface area contributed by atoms with E-state index in [1.165, 1.54) is 5.56 Å². The average molecular weight is 409 g/mol. The van der Waals surface area contributed by atoms with E-state index in [2.05, 4.69) is 29.5 Å². The summed E-state index contributed by atoms with van der Waals surface area (Å²) in [5.74, 6) is -0.0765. The van der Waals surface area contributed by atoms with E-state index in [9.17, 15) is 9.90 Å². The van der Waals surface area contributed by atoms with E-state index in [0.29, 0.717) is 12.2 Å². The molecule has 0 radical (unpaired) electrons. The lowest BCUT2D eigenvalue weighted by Gasteiger charge is -2.09. The molecule has 5 aromatic rings. The van der Waals surface area contributed by atoms with Gasteiger partial charge in [0.15, 0.2) is 0 Å². The first-order chi connectivity index (χ1) is 15.1. The van der Waals surface area contributed by atoms with Gasteiger partial charge in [-0.15, -0.1) is 0 Å². The Morgan fingerprint density at radius 2 is 1.65 bits per heavy atom. The van der Waals surface area contributed by atoms with E-state index in [-0.39, 0.29) is 0 Å². The molecule has 5 rings (SSSR count). The SMILES string of the molecule is CCc1c(-c2ccc(OCc3ccccc3)cc2)c2c(C)c(C(=O)O)c3cccc1n32. The summed E-state index contributed by atoms with van der Waals surface area (Å²) in [7, 11) is 0. The Morgan fingerprint density at radius 1 is 0.935 bits per heavy atom. The average Bonchev–Trinajstić information content (AvgIpc) is 3.29. The number of aromatic carboxylic acids is 1. The van der Waals surface area contributed by atoms with Crippen LogP contribution in [0.1, 0.15) is 34.0 Å². The van der Waals surface area contributed by atoms with Gasteiger partial charge in [0.2, 0.25) is 0 Å². The monoisotopic (exact) mass is 409 g/mol. The Morgan fingerprint density at radius 3 is 2.32 bits per heavy atom. The normalized spacial score (nSPS) is 11.4. The van der Waals surface area contributed by atoms with E-state index in [1.807, 2.05) is 61.5 Å². The number of aromatic nitrogens is 1.